The van der Waals surface area contributed by atoms with E-state index in [0.29, 0.717) is 30.9 Å². The van der Waals surface area contributed by atoms with E-state index in [-0.39, 0.29) is 0 Å². The van der Waals surface area contributed by atoms with Crippen LogP contribution >= 0.6 is 0 Å². The van der Waals surface area contributed by atoms with Crippen molar-refractivity contribution < 1.29 is 9.53 Å². The Morgan fingerprint density at radius 3 is 2.50 bits per heavy atom. The van der Waals surface area contributed by atoms with Crippen LogP contribution in [0.3, 0.4) is 0 Å². The number of nitrogens with zero attached hydrogens (tertiary/aromatic N) is 4. The molecule has 2 fully saturated rings. The van der Waals surface area contributed by atoms with Crippen LogP contribution in [0, 0.1) is 5.92 Å². The second-order valence-corrected chi connectivity index (χ2v) is 6.87. The minimum absolute atomic E-state index is 0.311. The van der Waals surface area contributed by atoms with Gasteiger partial charge in [0.05, 0.1) is 19.3 Å². The number of ether oxygens (including phenoxy) is 1. The van der Waals surface area contributed by atoms with Gasteiger partial charge in [0, 0.05) is 25.5 Å². The Morgan fingerprint density at radius 1 is 1.08 bits per heavy atom. The SMILES string of the molecule is O=C(CN1CCC(COc2cnccn2)CC1)N1CCCCCC1. The van der Waals surface area contributed by atoms with Crippen molar-refractivity contribution in [3.63, 3.8) is 0 Å². The first-order valence-corrected chi connectivity index (χ1v) is 9.20. The average molecular weight is 332 g/mol. The van der Waals surface area contributed by atoms with Crippen LogP contribution in [-0.2, 0) is 4.79 Å². The van der Waals surface area contributed by atoms with Crippen molar-refractivity contribution in [1.82, 2.24) is 19.8 Å². The molecule has 2 aliphatic rings. The molecule has 3 rings (SSSR count). The third-order valence-electron chi connectivity index (χ3n) is 5.03. The van der Waals surface area contributed by atoms with E-state index < -0.39 is 0 Å². The molecule has 0 saturated carbocycles. The number of hydrogen-bond donors (Lipinski definition) is 0. The third kappa shape index (κ3) is 5.16. The smallest absolute Gasteiger partial charge is 0.236 e. The lowest BCUT2D eigenvalue weighted by Gasteiger charge is -2.32. The van der Waals surface area contributed by atoms with Crippen molar-refractivity contribution >= 4 is 5.91 Å². The molecule has 0 N–H and O–H groups in total. The molecule has 0 spiro atoms. The summed E-state index contributed by atoms with van der Waals surface area (Å²) in [6, 6.07) is 0. The molecule has 0 aromatic carbocycles. The van der Waals surface area contributed by atoms with Gasteiger partial charge in [-0.3, -0.25) is 14.7 Å². The van der Waals surface area contributed by atoms with Crippen molar-refractivity contribution in [2.24, 2.45) is 5.92 Å². The normalized spacial score (nSPS) is 20.6. The first-order valence-electron chi connectivity index (χ1n) is 9.20. The Morgan fingerprint density at radius 2 is 1.83 bits per heavy atom. The number of aromatic nitrogens is 2. The Labute approximate surface area is 144 Å². The molecule has 2 saturated heterocycles. The van der Waals surface area contributed by atoms with Crippen LogP contribution in [0.1, 0.15) is 38.5 Å². The van der Waals surface area contributed by atoms with E-state index in [1.807, 2.05) is 0 Å². The van der Waals surface area contributed by atoms with E-state index in [1.54, 1.807) is 18.6 Å². The third-order valence-corrected chi connectivity index (χ3v) is 5.03. The molecule has 132 valence electrons. The summed E-state index contributed by atoms with van der Waals surface area (Å²) in [5.41, 5.74) is 0. The van der Waals surface area contributed by atoms with Crippen LogP contribution in [-0.4, -0.2) is 65.0 Å². The van der Waals surface area contributed by atoms with Gasteiger partial charge in [0.1, 0.15) is 0 Å². The van der Waals surface area contributed by atoms with Gasteiger partial charge in [0.15, 0.2) is 0 Å². The molecular formula is C18H28N4O2. The molecule has 1 aromatic rings. The molecule has 0 radical (unpaired) electrons. The van der Waals surface area contributed by atoms with Crippen molar-refractivity contribution in [2.75, 3.05) is 39.3 Å². The standard InChI is InChI=1S/C18H28N4O2/c23-18(22-9-3-1-2-4-10-22)14-21-11-5-16(6-12-21)15-24-17-13-19-7-8-20-17/h7-8,13,16H,1-6,9-12,14-15H2. The number of carbonyl (C=O) groups excluding carboxylic acids is 1. The molecule has 1 amide bonds. The van der Waals surface area contributed by atoms with Gasteiger partial charge in [0.2, 0.25) is 11.8 Å². The number of likely N-dealkylation sites (tertiary alicyclic amines) is 2. The highest BCUT2D eigenvalue weighted by atomic mass is 16.5. The van der Waals surface area contributed by atoms with Crippen molar-refractivity contribution in [2.45, 2.75) is 38.5 Å². The van der Waals surface area contributed by atoms with Crippen LogP contribution in [0.25, 0.3) is 0 Å². The van der Waals surface area contributed by atoms with Gasteiger partial charge in [-0.15, -0.1) is 0 Å². The van der Waals surface area contributed by atoms with Gasteiger partial charge in [-0.05, 0) is 44.7 Å². The van der Waals surface area contributed by atoms with Crippen LogP contribution in [0.15, 0.2) is 18.6 Å². The van der Waals surface area contributed by atoms with Gasteiger partial charge < -0.3 is 9.64 Å². The number of carbonyl (C=O) groups is 1. The summed E-state index contributed by atoms with van der Waals surface area (Å²) in [7, 11) is 0. The highest BCUT2D eigenvalue weighted by Crippen LogP contribution is 2.19. The lowest BCUT2D eigenvalue weighted by molar-refractivity contribution is -0.132. The maximum atomic E-state index is 12.5. The lowest BCUT2D eigenvalue weighted by atomic mass is 9.98. The summed E-state index contributed by atoms with van der Waals surface area (Å²) in [5, 5.41) is 0. The van der Waals surface area contributed by atoms with Gasteiger partial charge in [-0.1, -0.05) is 12.8 Å². The number of rotatable bonds is 5. The fraction of sp³-hybridized carbons (Fsp3) is 0.722. The molecule has 0 bridgehead atoms. The molecule has 0 atom stereocenters. The Bertz CT molecular complexity index is 495. The van der Waals surface area contributed by atoms with Crippen LogP contribution in [0.5, 0.6) is 5.88 Å². The molecule has 2 aliphatic heterocycles. The van der Waals surface area contributed by atoms with Crippen LogP contribution in [0.2, 0.25) is 0 Å². The Hall–Kier alpha value is -1.69. The molecule has 24 heavy (non-hydrogen) atoms. The minimum Gasteiger partial charge on any atom is -0.476 e. The summed E-state index contributed by atoms with van der Waals surface area (Å²) in [6.07, 6.45) is 11.9. The van der Waals surface area contributed by atoms with E-state index in [4.69, 9.17) is 4.74 Å². The first kappa shape index (κ1) is 17.1. The van der Waals surface area contributed by atoms with E-state index in [2.05, 4.69) is 19.8 Å². The first-order chi connectivity index (χ1) is 11.8. The summed E-state index contributed by atoms with van der Waals surface area (Å²) < 4.78 is 5.70. The second-order valence-electron chi connectivity index (χ2n) is 6.87. The van der Waals surface area contributed by atoms with Crippen molar-refractivity contribution in [3.8, 4) is 5.88 Å². The predicted octanol–water partition coefficient (Wildman–Crippen LogP) is 1.97. The summed E-state index contributed by atoms with van der Waals surface area (Å²) in [6.45, 7) is 5.12. The summed E-state index contributed by atoms with van der Waals surface area (Å²) in [5.74, 6) is 1.44. The van der Waals surface area contributed by atoms with E-state index in [0.717, 1.165) is 51.9 Å². The molecule has 6 nitrogen and oxygen atoms in total. The minimum atomic E-state index is 0.311. The van der Waals surface area contributed by atoms with Crippen LogP contribution < -0.4 is 4.74 Å². The van der Waals surface area contributed by atoms with E-state index >= 15 is 0 Å². The fourth-order valence-corrected chi connectivity index (χ4v) is 3.49. The lowest BCUT2D eigenvalue weighted by Crippen LogP contribution is -2.44. The molecule has 0 unspecified atom stereocenters. The highest BCUT2D eigenvalue weighted by Gasteiger charge is 2.23. The summed E-state index contributed by atoms with van der Waals surface area (Å²) in [4.78, 5) is 25.0. The van der Waals surface area contributed by atoms with Crippen LogP contribution in [0.4, 0.5) is 0 Å². The largest absolute Gasteiger partial charge is 0.476 e. The van der Waals surface area contributed by atoms with Crippen molar-refractivity contribution in [1.29, 1.82) is 0 Å². The second kappa shape index (κ2) is 8.97. The van der Waals surface area contributed by atoms with Gasteiger partial charge in [-0.2, -0.15) is 0 Å². The van der Waals surface area contributed by atoms with Gasteiger partial charge >= 0.3 is 0 Å². The number of amides is 1. The topological polar surface area (TPSA) is 58.6 Å². The van der Waals surface area contributed by atoms with E-state index in [1.165, 1.54) is 12.8 Å². The quantitative estimate of drug-likeness (QED) is 0.825. The number of piperidine rings is 1. The molecule has 6 heteroatoms. The zero-order valence-electron chi connectivity index (χ0n) is 14.4. The molecule has 3 heterocycles. The van der Waals surface area contributed by atoms with Gasteiger partial charge in [0.25, 0.3) is 0 Å². The summed E-state index contributed by atoms with van der Waals surface area (Å²) >= 11 is 0. The maximum absolute atomic E-state index is 12.5. The van der Waals surface area contributed by atoms with E-state index in [9.17, 15) is 4.79 Å². The number of hydrogen-bond acceptors (Lipinski definition) is 5. The van der Waals surface area contributed by atoms with Crippen molar-refractivity contribution in [3.05, 3.63) is 18.6 Å². The Kier molecular flexibility index (Phi) is 6.41. The van der Waals surface area contributed by atoms with Gasteiger partial charge in [-0.25, -0.2) is 4.98 Å². The average Bonchev–Trinajstić information content (AvgIpc) is 2.91. The highest BCUT2D eigenvalue weighted by molar-refractivity contribution is 5.78. The molecular weight excluding hydrogens is 304 g/mol. The maximum Gasteiger partial charge on any atom is 0.236 e. The predicted molar refractivity (Wildman–Crippen MR) is 91.7 cm³/mol. The zero-order valence-corrected chi connectivity index (χ0v) is 14.4. The monoisotopic (exact) mass is 332 g/mol. The fourth-order valence-electron chi connectivity index (χ4n) is 3.49. The Balaban J connectivity index is 1.36. The zero-order chi connectivity index (χ0) is 16.6. The molecule has 0 aliphatic carbocycles. The molecule has 1 aromatic heterocycles.